The summed E-state index contributed by atoms with van der Waals surface area (Å²) in [5, 5.41) is 3.28. The lowest BCUT2D eigenvalue weighted by Crippen LogP contribution is -2.22. The van der Waals surface area contributed by atoms with Crippen LogP contribution in [-0.2, 0) is 17.6 Å². The number of methoxy groups -OCH3 is 2. The van der Waals surface area contributed by atoms with E-state index in [2.05, 4.69) is 15.3 Å². The van der Waals surface area contributed by atoms with Crippen molar-refractivity contribution in [3.8, 4) is 11.5 Å². The molecular weight excluding hydrogens is 354 g/mol. The standard InChI is InChI=1S/C18H21N3O4S/c1-24-14-8-7-11(9-15(14)25-2)19-16(22)10-26-18-20-13-6-4-3-5-12(13)17(23)21-18/h7-9H,3-6,10H2,1-2H3,(H,19,22)(H,20,21,23). The zero-order valence-corrected chi connectivity index (χ0v) is 15.6. The number of hydrogen-bond acceptors (Lipinski definition) is 6. The molecular formula is C18H21N3O4S. The third kappa shape index (κ3) is 4.19. The lowest BCUT2D eigenvalue weighted by molar-refractivity contribution is -0.113. The van der Waals surface area contributed by atoms with Crippen molar-refractivity contribution >= 4 is 23.4 Å². The highest BCUT2D eigenvalue weighted by molar-refractivity contribution is 7.99. The van der Waals surface area contributed by atoms with Gasteiger partial charge in [-0.15, -0.1) is 0 Å². The molecule has 2 aromatic rings. The first-order chi connectivity index (χ1) is 12.6. The smallest absolute Gasteiger partial charge is 0.254 e. The average Bonchev–Trinajstić information content (AvgIpc) is 2.66. The van der Waals surface area contributed by atoms with Crippen molar-refractivity contribution in [3.63, 3.8) is 0 Å². The summed E-state index contributed by atoms with van der Waals surface area (Å²) < 4.78 is 10.4. The Morgan fingerprint density at radius 2 is 2.00 bits per heavy atom. The zero-order chi connectivity index (χ0) is 18.5. The van der Waals surface area contributed by atoms with Crippen LogP contribution in [0, 0.1) is 0 Å². The van der Waals surface area contributed by atoms with Crippen molar-refractivity contribution in [2.75, 3.05) is 25.3 Å². The zero-order valence-electron chi connectivity index (χ0n) is 14.8. The lowest BCUT2D eigenvalue weighted by Gasteiger charge is -2.14. The van der Waals surface area contributed by atoms with Crippen LogP contribution in [0.5, 0.6) is 11.5 Å². The lowest BCUT2D eigenvalue weighted by atomic mass is 9.97. The van der Waals surface area contributed by atoms with Crippen LogP contribution in [0.15, 0.2) is 28.2 Å². The Kier molecular flexibility index (Phi) is 5.82. The minimum absolute atomic E-state index is 0.0856. The van der Waals surface area contributed by atoms with Crippen LogP contribution in [-0.4, -0.2) is 35.8 Å². The van der Waals surface area contributed by atoms with E-state index >= 15 is 0 Å². The third-order valence-electron chi connectivity index (χ3n) is 4.18. The van der Waals surface area contributed by atoms with Crippen molar-refractivity contribution in [3.05, 3.63) is 39.8 Å². The van der Waals surface area contributed by atoms with E-state index in [1.54, 1.807) is 25.3 Å². The number of nitrogens with zero attached hydrogens (tertiary/aromatic N) is 1. The van der Waals surface area contributed by atoms with Gasteiger partial charge in [0.25, 0.3) is 5.56 Å². The monoisotopic (exact) mass is 375 g/mol. The molecule has 1 aliphatic rings. The van der Waals surface area contributed by atoms with E-state index in [0.717, 1.165) is 36.9 Å². The molecule has 26 heavy (non-hydrogen) atoms. The summed E-state index contributed by atoms with van der Waals surface area (Å²) in [5.74, 6) is 1.09. The van der Waals surface area contributed by atoms with Gasteiger partial charge in [-0.3, -0.25) is 9.59 Å². The molecule has 138 valence electrons. The number of aromatic nitrogens is 2. The summed E-state index contributed by atoms with van der Waals surface area (Å²) in [7, 11) is 3.09. The fraction of sp³-hybridized carbons (Fsp3) is 0.389. The number of aromatic amines is 1. The van der Waals surface area contributed by atoms with E-state index in [1.165, 1.54) is 18.9 Å². The van der Waals surface area contributed by atoms with Gasteiger partial charge in [-0.1, -0.05) is 11.8 Å². The van der Waals surface area contributed by atoms with Gasteiger partial charge in [-0.05, 0) is 37.8 Å². The Hall–Kier alpha value is -2.48. The molecule has 2 N–H and O–H groups in total. The number of amides is 1. The van der Waals surface area contributed by atoms with E-state index < -0.39 is 0 Å². The summed E-state index contributed by atoms with van der Waals surface area (Å²) >= 11 is 1.22. The fourth-order valence-corrected chi connectivity index (χ4v) is 3.57. The second-order valence-corrected chi connectivity index (χ2v) is 6.87. The number of anilines is 1. The Morgan fingerprint density at radius 1 is 1.23 bits per heavy atom. The second-order valence-electron chi connectivity index (χ2n) is 5.91. The molecule has 0 saturated carbocycles. The van der Waals surface area contributed by atoms with Crippen LogP contribution in [0.3, 0.4) is 0 Å². The van der Waals surface area contributed by atoms with Crippen LogP contribution < -0.4 is 20.3 Å². The van der Waals surface area contributed by atoms with Crippen LogP contribution in [0.2, 0.25) is 0 Å². The quantitative estimate of drug-likeness (QED) is 0.595. The molecule has 1 aliphatic carbocycles. The number of H-pyrrole nitrogens is 1. The van der Waals surface area contributed by atoms with E-state index in [9.17, 15) is 9.59 Å². The highest BCUT2D eigenvalue weighted by Gasteiger charge is 2.16. The number of nitrogens with one attached hydrogen (secondary N) is 2. The van der Waals surface area contributed by atoms with Gasteiger partial charge in [0.2, 0.25) is 5.91 Å². The minimum Gasteiger partial charge on any atom is -0.493 e. The van der Waals surface area contributed by atoms with E-state index in [-0.39, 0.29) is 17.2 Å². The first-order valence-corrected chi connectivity index (χ1v) is 9.36. The normalized spacial score (nSPS) is 13.0. The van der Waals surface area contributed by atoms with Crippen molar-refractivity contribution in [1.82, 2.24) is 9.97 Å². The molecule has 1 aromatic heterocycles. The highest BCUT2D eigenvalue weighted by atomic mass is 32.2. The maximum Gasteiger partial charge on any atom is 0.254 e. The first kappa shape index (κ1) is 18.3. The molecule has 0 unspecified atom stereocenters. The van der Waals surface area contributed by atoms with Crippen LogP contribution in [0.25, 0.3) is 0 Å². The Morgan fingerprint density at radius 3 is 2.77 bits per heavy atom. The SMILES string of the molecule is COc1ccc(NC(=O)CSc2nc3c(c(=O)[nH]2)CCCC3)cc1OC. The molecule has 0 atom stereocenters. The average molecular weight is 375 g/mol. The molecule has 0 radical (unpaired) electrons. The van der Waals surface area contributed by atoms with Gasteiger partial charge in [0.15, 0.2) is 16.7 Å². The minimum atomic E-state index is -0.192. The fourth-order valence-electron chi connectivity index (χ4n) is 2.89. The van der Waals surface area contributed by atoms with Crippen LogP contribution in [0.4, 0.5) is 5.69 Å². The molecule has 0 fully saturated rings. The Balaban J connectivity index is 1.63. The van der Waals surface area contributed by atoms with Crippen molar-refractivity contribution < 1.29 is 14.3 Å². The summed E-state index contributed by atoms with van der Waals surface area (Å²) in [5.41, 5.74) is 2.18. The molecule has 0 aliphatic heterocycles. The topological polar surface area (TPSA) is 93.3 Å². The van der Waals surface area contributed by atoms with E-state index in [0.29, 0.717) is 22.3 Å². The van der Waals surface area contributed by atoms with Gasteiger partial charge in [-0.25, -0.2) is 4.98 Å². The highest BCUT2D eigenvalue weighted by Crippen LogP contribution is 2.29. The molecule has 1 heterocycles. The molecule has 7 nitrogen and oxygen atoms in total. The third-order valence-corrected chi connectivity index (χ3v) is 5.05. The summed E-state index contributed by atoms with van der Waals surface area (Å²) in [6, 6.07) is 5.16. The van der Waals surface area contributed by atoms with Gasteiger partial charge >= 0.3 is 0 Å². The van der Waals surface area contributed by atoms with Gasteiger partial charge in [0.1, 0.15) is 0 Å². The Bertz CT molecular complexity index is 866. The first-order valence-electron chi connectivity index (χ1n) is 8.37. The molecule has 0 bridgehead atoms. The van der Waals surface area contributed by atoms with E-state index in [4.69, 9.17) is 9.47 Å². The summed E-state index contributed by atoms with van der Waals surface area (Å²) in [6.45, 7) is 0. The van der Waals surface area contributed by atoms with Gasteiger partial charge in [0.05, 0.1) is 25.7 Å². The maximum absolute atomic E-state index is 12.2. The molecule has 3 rings (SSSR count). The van der Waals surface area contributed by atoms with Crippen LogP contribution >= 0.6 is 11.8 Å². The molecule has 1 aromatic carbocycles. The largest absolute Gasteiger partial charge is 0.493 e. The van der Waals surface area contributed by atoms with Crippen molar-refractivity contribution in [1.29, 1.82) is 0 Å². The van der Waals surface area contributed by atoms with Gasteiger partial charge in [-0.2, -0.15) is 0 Å². The number of rotatable bonds is 6. The molecule has 8 heteroatoms. The number of fused-ring (bicyclic) bond motifs is 1. The Labute approximate surface area is 155 Å². The number of carbonyl (C=O) groups excluding carboxylic acids is 1. The number of hydrogen-bond donors (Lipinski definition) is 2. The van der Waals surface area contributed by atoms with Crippen molar-refractivity contribution in [2.45, 2.75) is 30.8 Å². The second kappa shape index (κ2) is 8.27. The van der Waals surface area contributed by atoms with Gasteiger partial charge < -0.3 is 19.8 Å². The van der Waals surface area contributed by atoms with Crippen molar-refractivity contribution in [2.24, 2.45) is 0 Å². The van der Waals surface area contributed by atoms with Gasteiger partial charge in [0, 0.05) is 17.3 Å². The summed E-state index contributed by atoms with van der Waals surface area (Å²) in [4.78, 5) is 31.6. The molecule has 1 amide bonds. The predicted molar refractivity (Wildman–Crippen MR) is 100 cm³/mol. The van der Waals surface area contributed by atoms with Crippen LogP contribution in [0.1, 0.15) is 24.1 Å². The van der Waals surface area contributed by atoms with E-state index in [1.807, 2.05) is 0 Å². The number of aryl methyl sites for hydroxylation is 1. The maximum atomic E-state index is 12.2. The predicted octanol–water partition coefficient (Wildman–Crippen LogP) is 2.40. The number of carbonyl (C=O) groups is 1. The number of benzene rings is 1. The molecule has 0 saturated heterocycles. The number of ether oxygens (including phenoxy) is 2. The molecule has 0 spiro atoms. The number of thioether (sulfide) groups is 1. The summed E-state index contributed by atoms with van der Waals surface area (Å²) in [6.07, 6.45) is 3.68.